The molecule has 0 saturated carbocycles. The maximum atomic E-state index is 13.3. The third kappa shape index (κ3) is 3.20. The lowest BCUT2D eigenvalue weighted by Gasteiger charge is -2.25. The summed E-state index contributed by atoms with van der Waals surface area (Å²) in [6, 6.07) is 12.1. The number of amides is 1. The minimum absolute atomic E-state index is 0.0809. The first-order valence-electron chi connectivity index (χ1n) is 9.63. The lowest BCUT2D eigenvalue weighted by molar-refractivity contribution is -0.385. The predicted molar refractivity (Wildman–Crippen MR) is 108 cm³/mol. The van der Waals surface area contributed by atoms with Crippen molar-refractivity contribution in [3.63, 3.8) is 0 Å². The molecule has 1 aliphatic heterocycles. The van der Waals surface area contributed by atoms with Crippen molar-refractivity contribution in [3.05, 3.63) is 64.0 Å². The Labute approximate surface area is 167 Å². The minimum atomic E-state index is -0.518. The molecule has 1 saturated heterocycles. The van der Waals surface area contributed by atoms with Crippen LogP contribution in [0, 0.1) is 10.1 Å². The third-order valence-electron chi connectivity index (χ3n) is 5.44. The average Bonchev–Trinajstić information content (AvgIpc) is 3.36. The van der Waals surface area contributed by atoms with E-state index in [0.717, 1.165) is 36.2 Å². The van der Waals surface area contributed by atoms with Crippen molar-refractivity contribution >= 4 is 22.6 Å². The summed E-state index contributed by atoms with van der Waals surface area (Å²) in [6.45, 7) is 3.45. The standard InChI is InChI=1S/C21H22N4O4/c1-3-23-16-8-5-4-7-15(16)22-20(23)18-9-6-12-24(18)21(26)14-10-11-17(25(27)28)19(13-14)29-2/h4-5,7-8,10-11,13,18H,3,6,9,12H2,1-2H3/t18-/m1/s1. The Morgan fingerprint density at radius 1 is 1.31 bits per heavy atom. The number of nitro benzene ring substituents is 1. The fourth-order valence-corrected chi connectivity index (χ4v) is 4.09. The molecule has 4 rings (SSSR count). The van der Waals surface area contributed by atoms with Crippen molar-refractivity contribution in [2.75, 3.05) is 13.7 Å². The second-order valence-corrected chi connectivity index (χ2v) is 7.00. The average molecular weight is 394 g/mol. The molecule has 1 aliphatic rings. The van der Waals surface area contributed by atoms with Gasteiger partial charge < -0.3 is 14.2 Å². The van der Waals surface area contributed by atoms with Gasteiger partial charge in [-0.3, -0.25) is 14.9 Å². The highest BCUT2D eigenvalue weighted by Crippen LogP contribution is 2.35. The van der Waals surface area contributed by atoms with Gasteiger partial charge >= 0.3 is 5.69 Å². The number of hydrogen-bond donors (Lipinski definition) is 0. The van der Waals surface area contributed by atoms with Crippen LogP contribution in [0.3, 0.4) is 0 Å². The summed E-state index contributed by atoms with van der Waals surface area (Å²) >= 11 is 0. The van der Waals surface area contributed by atoms with Crippen LogP contribution in [0.4, 0.5) is 5.69 Å². The van der Waals surface area contributed by atoms with E-state index in [1.54, 1.807) is 0 Å². The predicted octanol–water partition coefficient (Wildman–Crippen LogP) is 3.95. The second-order valence-electron chi connectivity index (χ2n) is 7.00. The number of aromatic nitrogens is 2. The molecule has 1 fully saturated rings. The zero-order valence-corrected chi connectivity index (χ0v) is 16.4. The number of para-hydroxylation sites is 2. The fraction of sp³-hybridized carbons (Fsp3) is 0.333. The van der Waals surface area contributed by atoms with E-state index in [9.17, 15) is 14.9 Å². The Kier molecular flexibility index (Phi) is 4.92. The Morgan fingerprint density at radius 3 is 2.83 bits per heavy atom. The van der Waals surface area contributed by atoms with Crippen LogP contribution in [0.5, 0.6) is 5.75 Å². The molecule has 1 aromatic heterocycles. The number of ether oxygens (including phenoxy) is 1. The van der Waals surface area contributed by atoms with Crippen LogP contribution in [0.1, 0.15) is 42.0 Å². The van der Waals surface area contributed by atoms with Gasteiger partial charge in [0.05, 0.1) is 29.1 Å². The van der Waals surface area contributed by atoms with Crippen molar-refractivity contribution in [2.24, 2.45) is 0 Å². The highest BCUT2D eigenvalue weighted by atomic mass is 16.6. The first-order chi connectivity index (χ1) is 14.0. The molecular weight excluding hydrogens is 372 g/mol. The van der Waals surface area contributed by atoms with Crippen LogP contribution in [-0.2, 0) is 6.54 Å². The van der Waals surface area contributed by atoms with E-state index in [2.05, 4.69) is 11.5 Å². The quantitative estimate of drug-likeness (QED) is 0.483. The summed E-state index contributed by atoms with van der Waals surface area (Å²) in [7, 11) is 1.36. The molecular formula is C21H22N4O4. The van der Waals surface area contributed by atoms with Crippen LogP contribution in [0.2, 0.25) is 0 Å². The smallest absolute Gasteiger partial charge is 0.310 e. The molecule has 8 heteroatoms. The summed E-state index contributed by atoms with van der Waals surface area (Å²) in [4.78, 5) is 30.5. The zero-order valence-electron chi connectivity index (χ0n) is 16.4. The van der Waals surface area contributed by atoms with Gasteiger partial charge in [-0.15, -0.1) is 0 Å². The number of aryl methyl sites for hydroxylation is 1. The van der Waals surface area contributed by atoms with Gasteiger partial charge in [0, 0.05) is 30.8 Å². The van der Waals surface area contributed by atoms with Crippen LogP contribution in [0.25, 0.3) is 11.0 Å². The molecule has 0 bridgehead atoms. The molecule has 0 radical (unpaired) electrons. The number of hydrogen-bond acceptors (Lipinski definition) is 5. The summed E-state index contributed by atoms with van der Waals surface area (Å²) in [5, 5.41) is 11.1. The molecule has 0 aliphatic carbocycles. The van der Waals surface area contributed by atoms with Crippen molar-refractivity contribution in [3.8, 4) is 5.75 Å². The zero-order chi connectivity index (χ0) is 20.5. The monoisotopic (exact) mass is 394 g/mol. The number of carbonyl (C=O) groups excluding carboxylic acids is 1. The number of likely N-dealkylation sites (tertiary alicyclic amines) is 1. The lowest BCUT2D eigenvalue weighted by Crippen LogP contribution is -2.32. The molecule has 2 heterocycles. The number of carbonyl (C=O) groups is 1. The Balaban J connectivity index is 1.71. The van der Waals surface area contributed by atoms with Gasteiger partial charge in [-0.2, -0.15) is 0 Å². The largest absolute Gasteiger partial charge is 0.490 e. The number of benzene rings is 2. The Hall–Kier alpha value is -3.42. The highest BCUT2D eigenvalue weighted by Gasteiger charge is 2.34. The minimum Gasteiger partial charge on any atom is -0.490 e. The number of nitro groups is 1. The summed E-state index contributed by atoms with van der Waals surface area (Å²) in [5.41, 5.74) is 2.19. The fourth-order valence-electron chi connectivity index (χ4n) is 4.09. The van der Waals surface area contributed by atoms with Crippen LogP contribution in [-0.4, -0.2) is 38.9 Å². The van der Waals surface area contributed by atoms with E-state index in [1.807, 2.05) is 29.2 Å². The highest BCUT2D eigenvalue weighted by molar-refractivity contribution is 5.95. The van der Waals surface area contributed by atoms with Gasteiger partial charge in [-0.25, -0.2) is 4.98 Å². The van der Waals surface area contributed by atoms with Gasteiger partial charge in [0.15, 0.2) is 5.75 Å². The van der Waals surface area contributed by atoms with Crippen LogP contribution in [0.15, 0.2) is 42.5 Å². The molecule has 1 amide bonds. The van der Waals surface area contributed by atoms with Gasteiger partial charge in [0.1, 0.15) is 5.82 Å². The first-order valence-corrected chi connectivity index (χ1v) is 9.63. The van der Waals surface area contributed by atoms with Gasteiger partial charge in [-0.1, -0.05) is 12.1 Å². The Morgan fingerprint density at radius 2 is 2.10 bits per heavy atom. The van der Waals surface area contributed by atoms with E-state index < -0.39 is 4.92 Å². The van der Waals surface area contributed by atoms with Gasteiger partial charge in [-0.05, 0) is 38.0 Å². The molecule has 1 atom stereocenters. The summed E-state index contributed by atoms with van der Waals surface area (Å²) < 4.78 is 7.27. The molecule has 2 aromatic carbocycles. The van der Waals surface area contributed by atoms with Gasteiger partial charge in [0.2, 0.25) is 0 Å². The van der Waals surface area contributed by atoms with E-state index in [4.69, 9.17) is 9.72 Å². The Bertz CT molecular complexity index is 1090. The SMILES string of the molecule is CCn1c([C@H]2CCCN2C(=O)c2ccc([N+](=O)[O-])c(OC)c2)nc2ccccc21. The number of fused-ring (bicyclic) bond motifs is 1. The van der Waals surface area contributed by atoms with E-state index >= 15 is 0 Å². The number of rotatable bonds is 5. The number of nitrogens with zero attached hydrogens (tertiary/aromatic N) is 4. The summed E-state index contributed by atoms with van der Waals surface area (Å²) in [5.74, 6) is 0.793. The van der Waals surface area contributed by atoms with Crippen molar-refractivity contribution in [2.45, 2.75) is 32.4 Å². The molecule has 8 nitrogen and oxygen atoms in total. The van der Waals surface area contributed by atoms with Crippen LogP contribution < -0.4 is 4.74 Å². The first kappa shape index (κ1) is 18.9. The maximum absolute atomic E-state index is 13.3. The number of imidazole rings is 1. The molecule has 3 aromatic rings. The molecule has 29 heavy (non-hydrogen) atoms. The lowest BCUT2D eigenvalue weighted by atomic mass is 10.1. The van der Waals surface area contributed by atoms with E-state index in [-0.39, 0.29) is 23.4 Å². The van der Waals surface area contributed by atoms with E-state index in [1.165, 1.54) is 25.3 Å². The molecule has 150 valence electrons. The summed E-state index contributed by atoms with van der Waals surface area (Å²) in [6.07, 6.45) is 1.71. The second kappa shape index (κ2) is 7.54. The third-order valence-corrected chi connectivity index (χ3v) is 5.44. The topological polar surface area (TPSA) is 90.5 Å². The molecule has 0 N–H and O–H groups in total. The maximum Gasteiger partial charge on any atom is 0.310 e. The van der Waals surface area contributed by atoms with Crippen molar-refractivity contribution < 1.29 is 14.5 Å². The normalized spacial score (nSPS) is 16.3. The van der Waals surface area contributed by atoms with Crippen LogP contribution >= 0.6 is 0 Å². The number of methoxy groups -OCH3 is 1. The van der Waals surface area contributed by atoms with Gasteiger partial charge in [0.25, 0.3) is 5.91 Å². The molecule has 0 spiro atoms. The molecule has 0 unspecified atom stereocenters. The van der Waals surface area contributed by atoms with Crippen molar-refractivity contribution in [1.82, 2.24) is 14.5 Å². The van der Waals surface area contributed by atoms with E-state index in [0.29, 0.717) is 12.1 Å². The van der Waals surface area contributed by atoms with Crippen molar-refractivity contribution in [1.29, 1.82) is 0 Å².